The van der Waals surface area contributed by atoms with Gasteiger partial charge in [0.15, 0.2) is 5.65 Å². The fourth-order valence-corrected chi connectivity index (χ4v) is 2.91. The molecule has 8 heteroatoms. The molecule has 3 aromatic heterocycles. The van der Waals surface area contributed by atoms with Crippen LogP contribution in [0, 0.1) is 6.92 Å². The fourth-order valence-electron chi connectivity index (χ4n) is 2.91. The van der Waals surface area contributed by atoms with Crippen LogP contribution in [0.25, 0.3) is 16.8 Å². The first-order valence-corrected chi connectivity index (χ1v) is 8.15. The van der Waals surface area contributed by atoms with E-state index in [9.17, 15) is 9.59 Å². The Hall–Kier alpha value is -3.55. The van der Waals surface area contributed by atoms with Gasteiger partial charge in [0.25, 0.3) is 5.56 Å². The number of rotatable bonds is 4. The molecule has 130 valence electrons. The summed E-state index contributed by atoms with van der Waals surface area (Å²) in [5, 5.41) is 10.7. The van der Waals surface area contributed by atoms with E-state index < -0.39 is 0 Å². The second-order valence-electron chi connectivity index (χ2n) is 5.91. The van der Waals surface area contributed by atoms with Gasteiger partial charge < -0.3 is 5.32 Å². The predicted molar refractivity (Wildman–Crippen MR) is 95.6 cm³/mol. The molecule has 1 amide bonds. The minimum atomic E-state index is -0.374. The largest absolute Gasteiger partial charge is 0.350 e. The SMILES string of the molecule is Cc1nnc2c(=O)n(CC(=O)NCc3ccccc3)c3cccnc3n12. The molecule has 0 aliphatic heterocycles. The number of carbonyl (C=O) groups is 1. The lowest BCUT2D eigenvalue weighted by molar-refractivity contribution is -0.121. The van der Waals surface area contributed by atoms with Gasteiger partial charge in [-0.3, -0.25) is 18.6 Å². The van der Waals surface area contributed by atoms with Crippen molar-refractivity contribution in [2.24, 2.45) is 0 Å². The lowest BCUT2D eigenvalue weighted by atomic mass is 10.2. The van der Waals surface area contributed by atoms with Crippen molar-refractivity contribution in [3.8, 4) is 0 Å². The molecule has 0 atom stereocenters. The van der Waals surface area contributed by atoms with Crippen LogP contribution in [0.4, 0.5) is 0 Å². The standard InChI is InChI=1S/C18H16N6O2/c1-12-21-22-17-18(26)23(14-8-5-9-19-16(14)24(12)17)11-15(25)20-10-13-6-3-2-4-7-13/h2-9H,10-11H2,1H3,(H,20,25). The highest BCUT2D eigenvalue weighted by Gasteiger charge is 2.17. The number of fused-ring (bicyclic) bond motifs is 3. The summed E-state index contributed by atoms with van der Waals surface area (Å²) in [6.07, 6.45) is 1.63. The number of nitrogens with zero attached hydrogens (tertiary/aromatic N) is 5. The number of carbonyl (C=O) groups excluding carboxylic acids is 1. The number of benzene rings is 1. The number of pyridine rings is 1. The maximum Gasteiger partial charge on any atom is 0.297 e. The molecule has 0 aliphatic rings. The summed E-state index contributed by atoms with van der Waals surface area (Å²) in [4.78, 5) is 29.5. The summed E-state index contributed by atoms with van der Waals surface area (Å²) < 4.78 is 2.99. The summed E-state index contributed by atoms with van der Waals surface area (Å²) in [7, 11) is 0. The van der Waals surface area contributed by atoms with Crippen molar-refractivity contribution in [3.05, 3.63) is 70.4 Å². The van der Waals surface area contributed by atoms with E-state index >= 15 is 0 Å². The quantitative estimate of drug-likeness (QED) is 0.595. The van der Waals surface area contributed by atoms with E-state index in [2.05, 4.69) is 20.5 Å². The third-order valence-corrected chi connectivity index (χ3v) is 4.16. The minimum Gasteiger partial charge on any atom is -0.350 e. The smallest absolute Gasteiger partial charge is 0.297 e. The van der Waals surface area contributed by atoms with Crippen molar-refractivity contribution in [1.29, 1.82) is 0 Å². The van der Waals surface area contributed by atoms with Crippen LogP contribution >= 0.6 is 0 Å². The third kappa shape index (κ3) is 2.71. The van der Waals surface area contributed by atoms with Gasteiger partial charge in [-0.25, -0.2) is 4.98 Å². The van der Waals surface area contributed by atoms with Crippen molar-refractivity contribution in [3.63, 3.8) is 0 Å². The second-order valence-corrected chi connectivity index (χ2v) is 5.91. The second kappa shape index (κ2) is 6.40. The molecular formula is C18H16N6O2. The fraction of sp³-hybridized carbons (Fsp3) is 0.167. The van der Waals surface area contributed by atoms with E-state index in [1.54, 1.807) is 29.7 Å². The van der Waals surface area contributed by atoms with Gasteiger partial charge in [0.1, 0.15) is 12.4 Å². The zero-order chi connectivity index (χ0) is 18.1. The molecule has 8 nitrogen and oxygen atoms in total. The summed E-state index contributed by atoms with van der Waals surface area (Å²) in [5.41, 5.74) is 1.87. The first-order valence-electron chi connectivity index (χ1n) is 8.15. The van der Waals surface area contributed by atoms with E-state index in [1.807, 2.05) is 30.3 Å². The molecule has 0 fully saturated rings. The Labute approximate surface area is 148 Å². The summed E-state index contributed by atoms with van der Waals surface area (Å²) in [5.74, 6) is 0.308. The molecular weight excluding hydrogens is 332 g/mol. The first kappa shape index (κ1) is 15.9. The number of aromatic nitrogens is 5. The van der Waals surface area contributed by atoms with Gasteiger partial charge in [-0.2, -0.15) is 0 Å². The van der Waals surface area contributed by atoms with Crippen LogP contribution in [0.3, 0.4) is 0 Å². The third-order valence-electron chi connectivity index (χ3n) is 4.16. The Morgan fingerprint density at radius 2 is 1.88 bits per heavy atom. The van der Waals surface area contributed by atoms with E-state index in [0.717, 1.165) is 5.56 Å². The number of nitrogens with one attached hydrogen (secondary N) is 1. The van der Waals surface area contributed by atoms with Gasteiger partial charge in [0.2, 0.25) is 11.6 Å². The van der Waals surface area contributed by atoms with E-state index in [4.69, 9.17) is 0 Å². The van der Waals surface area contributed by atoms with Crippen molar-refractivity contribution >= 4 is 22.7 Å². The molecule has 0 spiro atoms. The minimum absolute atomic E-state index is 0.115. The summed E-state index contributed by atoms with van der Waals surface area (Å²) in [6.45, 7) is 2.04. The Morgan fingerprint density at radius 3 is 2.69 bits per heavy atom. The molecule has 0 unspecified atom stereocenters. The topological polar surface area (TPSA) is 94.2 Å². The Balaban J connectivity index is 1.70. The molecule has 4 rings (SSSR count). The molecule has 0 radical (unpaired) electrons. The lowest BCUT2D eigenvalue weighted by Crippen LogP contribution is -2.33. The molecule has 3 heterocycles. The van der Waals surface area contributed by atoms with Gasteiger partial charge in [-0.1, -0.05) is 30.3 Å². The Morgan fingerprint density at radius 1 is 1.08 bits per heavy atom. The lowest BCUT2D eigenvalue weighted by Gasteiger charge is -2.11. The monoisotopic (exact) mass is 348 g/mol. The van der Waals surface area contributed by atoms with Gasteiger partial charge in [0.05, 0.1) is 5.52 Å². The van der Waals surface area contributed by atoms with Crippen LogP contribution in [0.15, 0.2) is 53.5 Å². The zero-order valence-electron chi connectivity index (χ0n) is 14.1. The van der Waals surface area contributed by atoms with E-state index in [-0.39, 0.29) is 23.7 Å². The summed E-state index contributed by atoms with van der Waals surface area (Å²) >= 11 is 0. The van der Waals surface area contributed by atoms with Crippen LogP contribution in [0.5, 0.6) is 0 Å². The van der Waals surface area contributed by atoms with Crippen molar-refractivity contribution < 1.29 is 4.79 Å². The van der Waals surface area contributed by atoms with Crippen LogP contribution in [0.2, 0.25) is 0 Å². The van der Waals surface area contributed by atoms with Crippen molar-refractivity contribution in [2.45, 2.75) is 20.0 Å². The Bertz CT molecular complexity index is 1160. The van der Waals surface area contributed by atoms with Crippen LogP contribution in [0.1, 0.15) is 11.4 Å². The molecule has 1 N–H and O–H groups in total. The zero-order valence-corrected chi connectivity index (χ0v) is 14.1. The first-order chi connectivity index (χ1) is 12.6. The number of amides is 1. The highest BCUT2D eigenvalue weighted by atomic mass is 16.2. The normalized spacial score (nSPS) is 11.1. The molecule has 0 bridgehead atoms. The number of aryl methyl sites for hydroxylation is 1. The Kier molecular flexibility index (Phi) is 3.92. The van der Waals surface area contributed by atoms with Crippen molar-refractivity contribution in [1.82, 2.24) is 29.5 Å². The molecule has 0 saturated heterocycles. The maximum atomic E-state index is 12.8. The average molecular weight is 348 g/mol. The molecule has 4 aromatic rings. The number of hydrogen-bond donors (Lipinski definition) is 1. The average Bonchev–Trinajstić information content (AvgIpc) is 3.06. The van der Waals surface area contributed by atoms with Gasteiger partial charge in [0, 0.05) is 12.7 Å². The highest BCUT2D eigenvalue weighted by Crippen LogP contribution is 2.12. The summed E-state index contributed by atoms with van der Waals surface area (Å²) in [6, 6.07) is 13.1. The van der Waals surface area contributed by atoms with Crippen molar-refractivity contribution in [2.75, 3.05) is 0 Å². The predicted octanol–water partition coefficient (Wildman–Crippen LogP) is 1.06. The van der Waals surface area contributed by atoms with E-state index in [1.165, 1.54) is 4.57 Å². The van der Waals surface area contributed by atoms with Gasteiger partial charge in [-0.05, 0) is 24.6 Å². The van der Waals surface area contributed by atoms with Crippen LogP contribution < -0.4 is 10.9 Å². The van der Waals surface area contributed by atoms with Crippen LogP contribution in [-0.2, 0) is 17.9 Å². The molecule has 26 heavy (non-hydrogen) atoms. The molecule has 0 saturated carbocycles. The molecule has 1 aromatic carbocycles. The van der Waals surface area contributed by atoms with Gasteiger partial charge in [-0.15, -0.1) is 10.2 Å². The van der Waals surface area contributed by atoms with Crippen LogP contribution in [-0.4, -0.2) is 30.1 Å². The molecule has 0 aliphatic carbocycles. The van der Waals surface area contributed by atoms with E-state index in [0.29, 0.717) is 23.5 Å². The highest BCUT2D eigenvalue weighted by molar-refractivity contribution is 5.80. The van der Waals surface area contributed by atoms with Gasteiger partial charge >= 0.3 is 0 Å². The maximum absolute atomic E-state index is 12.8. The number of hydrogen-bond acceptors (Lipinski definition) is 5.